The number of nitrogens with zero attached hydrogens (tertiary/aromatic N) is 5. The summed E-state index contributed by atoms with van der Waals surface area (Å²) in [5.41, 5.74) is 2.58. The summed E-state index contributed by atoms with van der Waals surface area (Å²) in [4.78, 5) is 33.4. The van der Waals surface area contributed by atoms with E-state index in [0.717, 1.165) is 34.3 Å². The van der Waals surface area contributed by atoms with E-state index in [0.29, 0.717) is 23.9 Å². The number of carbonyl (C=O) groups excluding carboxylic acids is 2. The number of aromatic nitrogens is 4. The standard InChI is InChI=1S/C23H21N7O2S/c24-10-9-21(31)29-11-3-4-16(29)14-30-18-6-2-1-5-17(18)27-23(30)28-22(32)20-8-7-19(33-20)15-12-25-26-13-15/h1-2,5-8,12-13,16H,3-4,9,11,14H2,(H,25,26)(H,27,28,32). The van der Waals surface area contributed by atoms with Crippen LogP contribution in [0.1, 0.15) is 28.9 Å². The van der Waals surface area contributed by atoms with Crippen molar-refractivity contribution in [2.75, 3.05) is 11.9 Å². The summed E-state index contributed by atoms with van der Waals surface area (Å²) < 4.78 is 1.96. The molecular weight excluding hydrogens is 438 g/mol. The summed E-state index contributed by atoms with van der Waals surface area (Å²) in [6.45, 7) is 1.14. The minimum atomic E-state index is -0.241. The molecule has 1 saturated heterocycles. The first kappa shape index (κ1) is 20.9. The van der Waals surface area contributed by atoms with Crippen molar-refractivity contribution in [3.63, 3.8) is 0 Å². The van der Waals surface area contributed by atoms with Crippen molar-refractivity contribution in [2.45, 2.75) is 31.8 Å². The van der Waals surface area contributed by atoms with Crippen molar-refractivity contribution in [2.24, 2.45) is 0 Å². The second-order valence-corrected chi connectivity index (χ2v) is 8.94. The van der Waals surface area contributed by atoms with Crippen LogP contribution in [0.4, 0.5) is 5.95 Å². The fraction of sp³-hybridized carbons (Fsp3) is 0.261. The number of carbonyl (C=O) groups is 2. The maximum absolute atomic E-state index is 13.0. The Labute approximate surface area is 193 Å². The van der Waals surface area contributed by atoms with E-state index in [2.05, 4.69) is 20.5 Å². The molecule has 2 amide bonds. The van der Waals surface area contributed by atoms with Crippen LogP contribution in [-0.2, 0) is 11.3 Å². The molecule has 1 atom stereocenters. The SMILES string of the molecule is N#CCC(=O)N1CCCC1Cn1c(NC(=O)c2ccc(-c3cn[nH]c3)s2)nc2ccccc21. The van der Waals surface area contributed by atoms with Gasteiger partial charge in [0.15, 0.2) is 0 Å². The van der Waals surface area contributed by atoms with Gasteiger partial charge in [-0.15, -0.1) is 11.3 Å². The van der Waals surface area contributed by atoms with E-state index in [1.165, 1.54) is 11.3 Å². The van der Waals surface area contributed by atoms with Crippen LogP contribution in [0, 0.1) is 11.3 Å². The van der Waals surface area contributed by atoms with Crippen LogP contribution in [0.25, 0.3) is 21.5 Å². The number of anilines is 1. The second kappa shape index (κ2) is 8.88. The van der Waals surface area contributed by atoms with Gasteiger partial charge in [-0.25, -0.2) is 4.98 Å². The first-order valence-corrected chi connectivity index (χ1v) is 11.5. The number of benzene rings is 1. The lowest BCUT2D eigenvalue weighted by Gasteiger charge is -2.25. The molecule has 1 aliphatic rings. The molecule has 0 bridgehead atoms. The van der Waals surface area contributed by atoms with E-state index >= 15 is 0 Å². The third-order valence-electron chi connectivity index (χ3n) is 5.81. The number of rotatable bonds is 6. The Hall–Kier alpha value is -3.97. The van der Waals surface area contributed by atoms with Crippen LogP contribution in [0.5, 0.6) is 0 Å². The lowest BCUT2D eigenvalue weighted by atomic mass is 10.2. The van der Waals surface area contributed by atoms with Gasteiger partial charge >= 0.3 is 0 Å². The fourth-order valence-electron chi connectivity index (χ4n) is 4.25. The average molecular weight is 460 g/mol. The zero-order chi connectivity index (χ0) is 22.8. The fourth-order valence-corrected chi connectivity index (χ4v) is 5.14. The van der Waals surface area contributed by atoms with Crippen LogP contribution in [0.3, 0.4) is 0 Å². The lowest BCUT2D eigenvalue weighted by molar-refractivity contribution is -0.131. The number of nitrogens with one attached hydrogen (secondary N) is 2. The molecule has 2 N–H and O–H groups in total. The van der Waals surface area contributed by atoms with Crippen LogP contribution < -0.4 is 5.32 Å². The molecule has 1 fully saturated rings. The molecule has 0 aliphatic carbocycles. The summed E-state index contributed by atoms with van der Waals surface area (Å²) in [5, 5.41) is 18.6. The van der Waals surface area contributed by atoms with Crippen molar-refractivity contribution in [1.29, 1.82) is 5.26 Å². The molecule has 1 unspecified atom stereocenters. The Kier molecular flexibility index (Phi) is 5.62. The van der Waals surface area contributed by atoms with E-state index in [1.54, 1.807) is 23.4 Å². The van der Waals surface area contributed by atoms with Gasteiger partial charge < -0.3 is 9.47 Å². The van der Waals surface area contributed by atoms with Gasteiger partial charge in [-0.2, -0.15) is 10.4 Å². The van der Waals surface area contributed by atoms with Crippen LogP contribution in [0.2, 0.25) is 0 Å². The van der Waals surface area contributed by atoms with Gasteiger partial charge in [0.2, 0.25) is 11.9 Å². The molecule has 1 aromatic carbocycles. The van der Waals surface area contributed by atoms with Crippen molar-refractivity contribution in [3.8, 4) is 16.5 Å². The highest BCUT2D eigenvalue weighted by Crippen LogP contribution is 2.29. The third-order valence-corrected chi connectivity index (χ3v) is 6.95. The number of aromatic amines is 1. The number of imidazole rings is 1. The highest BCUT2D eigenvalue weighted by Gasteiger charge is 2.30. The van der Waals surface area contributed by atoms with E-state index < -0.39 is 0 Å². The number of amides is 2. The maximum atomic E-state index is 13.0. The Balaban J connectivity index is 1.42. The predicted octanol–water partition coefficient (Wildman–Crippen LogP) is 3.64. The highest BCUT2D eigenvalue weighted by molar-refractivity contribution is 7.17. The maximum Gasteiger partial charge on any atom is 0.268 e. The van der Waals surface area contributed by atoms with Crippen molar-refractivity contribution in [3.05, 3.63) is 53.7 Å². The van der Waals surface area contributed by atoms with Crippen molar-refractivity contribution in [1.82, 2.24) is 24.6 Å². The van der Waals surface area contributed by atoms with E-state index in [-0.39, 0.29) is 24.3 Å². The van der Waals surface area contributed by atoms with Crippen LogP contribution >= 0.6 is 11.3 Å². The van der Waals surface area contributed by atoms with Gasteiger partial charge in [0.1, 0.15) is 6.42 Å². The van der Waals surface area contributed by atoms with Gasteiger partial charge in [0, 0.05) is 35.8 Å². The molecule has 3 aromatic heterocycles. The average Bonchev–Trinajstić information content (AvgIpc) is 3.61. The number of hydrogen-bond donors (Lipinski definition) is 2. The summed E-state index contributed by atoms with van der Waals surface area (Å²) in [6.07, 6.45) is 5.11. The van der Waals surface area contributed by atoms with Crippen LogP contribution in [0.15, 0.2) is 48.8 Å². The topological polar surface area (TPSA) is 120 Å². The zero-order valence-corrected chi connectivity index (χ0v) is 18.5. The predicted molar refractivity (Wildman–Crippen MR) is 125 cm³/mol. The first-order chi connectivity index (χ1) is 16.1. The molecule has 0 radical (unpaired) electrons. The molecule has 33 heavy (non-hydrogen) atoms. The molecule has 0 spiro atoms. The van der Waals surface area contributed by atoms with Crippen molar-refractivity contribution >= 4 is 40.1 Å². The van der Waals surface area contributed by atoms with E-state index in [9.17, 15) is 9.59 Å². The number of hydrogen-bond acceptors (Lipinski definition) is 6. The first-order valence-electron chi connectivity index (χ1n) is 10.7. The van der Waals surface area contributed by atoms with Gasteiger partial charge in [0.25, 0.3) is 5.91 Å². The van der Waals surface area contributed by atoms with Gasteiger partial charge in [-0.1, -0.05) is 12.1 Å². The summed E-state index contributed by atoms with van der Waals surface area (Å²) in [6, 6.07) is 13.3. The number of para-hydroxylation sites is 2. The number of fused-ring (bicyclic) bond motifs is 1. The Morgan fingerprint density at radius 2 is 2.15 bits per heavy atom. The monoisotopic (exact) mass is 459 g/mol. The van der Waals surface area contributed by atoms with Gasteiger partial charge in [0.05, 0.1) is 28.2 Å². The number of likely N-dealkylation sites (tertiary alicyclic amines) is 1. The summed E-state index contributed by atoms with van der Waals surface area (Å²) in [5.74, 6) is 0.0505. The van der Waals surface area contributed by atoms with E-state index in [4.69, 9.17) is 5.26 Å². The molecule has 166 valence electrons. The Morgan fingerprint density at radius 1 is 1.27 bits per heavy atom. The molecular formula is C23H21N7O2S. The molecule has 4 aromatic rings. The summed E-state index contributed by atoms with van der Waals surface area (Å²) in [7, 11) is 0. The highest BCUT2D eigenvalue weighted by atomic mass is 32.1. The summed E-state index contributed by atoms with van der Waals surface area (Å²) >= 11 is 1.38. The second-order valence-electron chi connectivity index (χ2n) is 7.86. The Morgan fingerprint density at radius 3 is 2.97 bits per heavy atom. The molecule has 9 nitrogen and oxygen atoms in total. The number of thiophene rings is 1. The smallest absolute Gasteiger partial charge is 0.268 e. The lowest BCUT2D eigenvalue weighted by Crippen LogP contribution is -2.38. The Bertz CT molecular complexity index is 1350. The minimum absolute atomic E-state index is 0.0476. The zero-order valence-electron chi connectivity index (χ0n) is 17.7. The van der Waals surface area contributed by atoms with Crippen LogP contribution in [-0.4, -0.2) is 49.0 Å². The largest absolute Gasteiger partial charge is 0.337 e. The minimum Gasteiger partial charge on any atom is -0.337 e. The number of H-pyrrole nitrogens is 1. The molecule has 4 heterocycles. The third kappa shape index (κ3) is 4.10. The molecule has 5 rings (SSSR count). The molecule has 10 heteroatoms. The van der Waals surface area contributed by atoms with Gasteiger partial charge in [-0.3, -0.25) is 20.0 Å². The van der Waals surface area contributed by atoms with Crippen molar-refractivity contribution < 1.29 is 9.59 Å². The van der Waals surface area contributed by atoms with Gasteiger partial charge in [-0.05, 0) is 37.1 Å². The molecule has 1 aliphatic heterocycles. The van der Waals surface area contributed by atoms with E-state index in [1.807, 2.05) is 41.0 Å². The molecule has 0 saturated carbocycles. The normalized spacial score (nSPS) is 15.6. The quantitative estimate of drug-likeness (QED) is 0.456. The number of nitriles is 1.